The molecule has 20 heavy (non-hydrogen) atoms. The molecule has 0 spiro atoms. The molecule has 1 saturated heterocycles. The van der Waals surface area contributed by atoms with Crippen molar-refractivity contribution in [3.8, 4) is 11.5 Å². The molecule has 0 saturated carbocycles. The van der Waals surface area contributed by atoms with Crippen molar-refractivity contribution >= 4 is 24.0 Å². The molecule has 4 rings (SSSR count). The van der Waals surface area contributed by atoms with Crippen LogP contribution in [-0.2, 0) is 0 Å². The van der Waals surface area contributed by atoms with Gasteiger partial charge in [-0.25, -0.2) is 0 Å². The van der Waals surface area contributed by atoms with E-state index < -0.39 is 0 Å². The molecule has 2 aromatic carbocycles. The normalized spacial score (nSPS) is 22.6. The van der Waals surface area contributed by atoms with Crippen LogP contribution in [0.3, 0.4) is 0 Å². The third-order valence-corrected chi connectivity index (χ3v) is 4.36. The second kappa shape index (κ2) is 5.28. The predicted octanol–water partition coefficient (Wildman–Crippen LogP) is 4.34. The summed E-state index contributed by atoms with van der Waals surface area (Å²) < 4.78 is 6.11. The predicted molar refractivity (Wildman–Crippen MR) is 83.6 cm³/mol. The maximum atomic E-state index is 6.16. The highest BCUT2D eigenvalue weighted by atomic mass is 35.5. The molecule has 0 bridgehead atoms. The number of hydrogen-bond donors (Lipinski definition) is 1. The maximum absolute atomic E-state index is 6.16. The van der Waals surface area contributed by atoms with Gasteiger partial charge in [-0.05, 0) is 29.8 Å². The quantitative estimate of drug-likeness (QED) is 0.782. The molecular weight excluding hydrogens is 293 g/mol. The summed E-state index contributed by atoms with van der Waals surface area (Å²) in [4.78, 5) is 0. The molecule has 0 unspecified atom stereocenters. The van der Waals surface area contributed by atoms with Crippen LogP contribution in [0.4, 0.5) is 0 Å². The Kier molecular flexibility index (Phi) is 3.63. The van der Waals surface area contributed by atoms with Gasteiger partial charge in [0, 0.05) is 35.5 Å². The molecule has 2 aliphatic rings. The number of hydrogen-bond acceptors (Lipinski definition) is 2. The molecule has 2 aromatic rings. The fourth-order valence-electron chi connectivity index (χ4n) is 3.23. The molecule has 1 fully saturated rings. The minimum atomic E-state index is 0. The van der Waals surface area contributed by atoms with Crippen molar-refractivity contribution in [1.82, 2.24) is 5.32 Å². The fourth-order valence-corrected chi connectivity index (χ4v) is 3.41. The number of fused-ring (bicyclic) bond motifs is 5. The van der Waals surface area contributed by atoms with Crippen LogP contribution in [-0.4, -0.2) is 13.1 Å². The van der Waals surface area contributed by atoms with Crippen LogP contribution >= 0.6 is 24.0 Å². The molecule has 104 valence electrons. The monoisotopic (exact) mass is 307 g/mol. The molecule has 0 aliphatic carbocycles. The topological polar surface area (TPSA) is 21.3 Å². The molecule has 4 heteroatoms. The first-order chi connectivity index (χ1) is 9.33. The first-order valence-electron chi connectivity index (χ1n) is 6.60. The first kappa shape index (κ1) is 13.7. The molecule has 2 nitrogen and oxygen atoms in total. The summed E-state index contributed by atoms with van der Waals surface area (Å²) in [6.07, 6.45) is 0. The van der Waals surface area contributed by atoms with Crippen molar-refractivity contribution in [3.05, 3.63) is 58.6 Å². The van der Waals surface area contributed by atoms with Gasteiger partial charge in [0.2, 0.25) is 0 Å². The molecule has 0 amide bonds. The largest absolute Gasteiger partial charge is 0.457 e. The standard InChI is InChI=1S/C16H14ClNO.ClH/c17-10-5-6-16-12(7-10)14-9-18-8-13(14)11-3-1-2-4-15(11)19-16;/h1-7,13-14,18H,8-9H2;1H/t13-,14-;/m0./s1. The van der Waals surface area contributed by atoms with Gasteiger partial charge in [0.05, 0.1) is 0 Å². The highest BCUT2D eigenvalue weighted by Crippen LogP contribution is 2.48. The molecule has 2 aliphatic heterocycles. The average Bonchev–Trinajstić information content (AvgIpc) is 2.86. The molecule has 2 atom stereocenters. The van der Waals surface area contributed by atoms with Crippen LogP contribution in [0.5, 0.6) is 11.5 Å². The number of para-hydroxylation sites is 1. The second-order valence-corrected chi connectivity index (χ2v) is 5.63. The van der Waals surface area contributed by atoms with E-state index in [1.54, 1.807) is 0 Å². The van der Waals surface area contributed by atoms with E-state index in [0.717, 1.165) is 29.6 Å². The average molecular weight is 308 g/mol. The van der Waals surface area contributed by atoms with Crippen LogP contribution in [0.1, 0.15) is 23.0 Å². The minimum absolute atomic E-state index is 0. The SMILES string of the molecule is Cl.Clc1ccc2c(c1)[C@@H]1CNC[C@H]1c1ccccc1O2. The molecule has 0 aromatic heterocycles. The lowest BCUT2D eigenvalue weighted by atomic mass is 9.84. The van der Waals surface area contributed by atoms with Gasteiger partial charge < -0.3 is 10.1 Å². The van der Waals surface area contributed by atoms with Gasteiger partial charge in [0.25, 0.3) is 0 Å². The Balaban J connectivity index is 0.00000121. The summed E-state index contributed by atoms with van der Waals surface area (Å²) in [5.74, 6) is 2.82. The summed E-state index contributed by atoms with van der Waals surface area (Å²) >= 11 is 6.16. The van der Waals surface area contributed by atoms with Gasteiger partial charge in [-0.1, -0.05) is 29.8 Å². The Labute approximate surface area is 129 Å². The van der Waals surface area contributed by atoms with Crippen LogP contribution in [0.15, 0.2) is 42.5 Å². The van der Waals surface area contributed by atoms with Crippen molar-refractivity contribution in [1.29, 1.82) is 0 Å². The highest BCUT2D eigenvalue weighted by Gasteiger charge is 2.35. The number of rotatable bonds is 0. The van der Waals surface area contributed by atoms with Gasteiger partial charge >= 0.3 is 0 Å². The number of nitrogens with one attached hydrogen (secondary N) is 1. The Morgan fingerprint density at radius 2 is 1.65 bits per heavy atom. The highest BCUT2D eigenvalue weighted by molar-refractivity contribution is 6.30. The molecule has 1 N–H and O–H groups in total. The van der Waals surface area contributed by atoms with Crippen LogP contribution in [0, 0.1) is 0 Å². The second-order valence-electron chi connectivity index (χ2n) is 5.19. The summed E-state index contributed by atoms with van der Waals surface area (Å²) in [5, 5.41) is 4.27. The van der Waals surface area contributed by atoms with E-state index >= 15 is 0 Å². The third-order valence-electron chi connectivity index (χ3n) is 4.12. The third kappa shape index (κ3) is 2.08. The van der Waals surface area contributed by atoms with E-state index in [0.29, 0.717) is 11.8 Å². The van der Waals surface area contributed by atoms with E-state index in [-0.39, 0.29) is 12.4 Å². The lowest BCUT2D eigenvalue weighted by molar-refractivity contribution is 0.476. The zero-order valence-corrected chi connectivity index (χ0v) is 12.4. The van der Waals surface area contributed by atoms with Gasteiger partial charge in [-0.2, -0.15) is 0 Å². The number of ether oxygens (including phenoxy) is 1. The number of halogens is 2. The van der Waals surface area contributed by atoms with Crippen LogP contribution < -0.4 is 10.1 Å². The molecule has 2 heterocycles. The van der Waals surface area contributed by atoms with Gasteiger partial charge in [-0.3, -0.25) is 0 Å². The van der Waals surface area contributed by atoms with E-state index in [9.17, 15) is 0 Å². The van der Waals surface area contributed by atoms with Crippen LogP contribution in [0.2, 0.25) is 5.02 Å². The van der Waals surface area contributed by atoms with Gasteiger partial charge in [0.1, 0.15) is 11.5 Å². The van der Waals surface area contributed by atoms with E-state index in [2.05, 4.69) is 23.5 Å². The zero-order chi connectivity index (χ0) is 12.8. The smallest absolute Gasteiger partial charge is 0.131 e. The van der Waals surface area contributed by atoms with E-state index in [1.165, 1.54) is 11.1 Å². The number of benzene rings is 2. The minimum Gasteiger partial charge on any atom is -0.457 e. The Morgan fingerprint density at radius 1 is 0.950 bits per heavy atom. The van der Waals surface area contributed by atoms with Gasteiger partial charge in [0.15, 0.2) is 0 Å². The van der Waals surface area contributed by atoms with Crippen molar-refractivity contribution in [3.63, 3.8) is 0 Å². The first-order valence-corrected chi connectivity index (χ1v) is 6.97. The van der Waals surface area contributed by atoms with Crippen molar-refractivity contribution in [2.45, 2.75) is 11.8 Å². The molecular formula is C16H15Cl2NO. The van der Waals surface area contributed by atoms with Gasteiger partial charge in [-0.15, -0.1) is 12.4 Å². The van der Waals surface area contributed by atoms with Crippen LogP contribution in [0.25, 0.3) is 0 Å². The summed E-state index contributed by atoms with van der Waals surface area (Å²) in [5.41, 5.74) is 2.52. The van der Waals surface area contributed by atoms with Crippen molar-refractivity contribution in [2.24, 2.45) is 0 Å². The van der Waals surface area contributed by atoms with E-state index in [1.807, 2.05) is 24.3 Å². The summed E-state index contributed by atoms with van der Waals surface area (Å²) in [6.45, 7) is 1.98. The van der Waals surface area contributed by atoms with Crippen molar-refractivity contribution in [2.75, 3.05) is 13.1 Å². The fraction of sp³-hybridized carbons (Fsp3) is 0.250. The van der Waals surface area contributed by atoms with Crippen molar-refractivity contribution < 1.29 is 4.74 Å². The lowest BCUT2D eigenvalue weighted by Crippen LogP contribution is -2.08. The molecule has 0 radical (unpaired) electrons. The lowest BCUT2D eigenvalue weighted by Gasteiger charge is -2.17. The zero-order valence-electron chi connectivity index (χ0n) is 10.8. The van der Waals surface area contributed by atoms with E-state index in [4.69, 9.17) is 16.3 Å². The summed E-state index contributed by atoms with van der Waals surface area (Å²) in [6, 6.07) is 14.3. The Morgan fingerprint density at radius 3 is 2.50 bits per heavy atom. The summed E-state index contributed by atoms with van der Waals surface area (Å²) in [7, 11) is 0. The Bertz CT molecular complexity index is 644. The Hall–Kier alpha value is -1.22. The maximum Gasteiger partial charge on any atom is 0.131 e.